The molecule has 0 bridgehead atoms. The number of aromatic carboxylic acids is 1. The van der Waals surface area contributed by atoms with Crippen LogP contribution in [0.2, 0.25) is 0 Å². The Morgan fingerprint density at radius 2 is 1.91 bits per heavy atom. The molecule has 7 nitrogen and oxygen atoms in total. The van der Waals surface area contributed by atoms with Gasteiger partial charge in [-0.3, -0.25) is 0 Å². The molecule has 0 saturated carbocycles. The number of anilines is 1. The Morgan fingerprint density at radius 3 is 2.41 bits per heavy atom. The van der Waals surface area contributed by atoms with Gasteiger partial charge in [0.15, 0.2) is 5.82 Å². The lowest BCUT2D eigenvalue weighted by atomic mass is 10.1. The maximum absolute atomic E-state index is 14.1. The summed E-state index contributed by atoms with van der Waals surface area (Å²) in [6, 6.07) is 2.44. The van der Waals surface area contributed by atoms with E-state index >= 15 is 0 Å². The highest BCUT2D eigenvalue weighted by Gasteiger charge is 2.21. The van der Waals surface area contributed by atoms with E-state index in [4.69, 9.17) is 5.11 Å². The summed E-state index contributed by atoms with van der Waals surface area (Å²) < 4.78 is 23.1. The number of carbonyl (C=O) groups is 3. The van der Waals surface area contributed by atoms with Gasteiger partial charge in [0.2, 0.25) is 0 Å². The zero-order chi connectivity index (χ0) is 16.9. The molecular weight excluding hydrogens is 412 g/mol. The second-order valence-electron chi connectivity index (χ2n) is 3.79. The summed E-state index contributed by atoms with van der Waals surface area (Å²) in [5, 5.41) is 11.4. The second kappa shape index (κ2) is 7.73. The highest BCUT2D eigenvalue weighted by Crippen LogP contribution is 2.26. The van der Waals surface area contributed by atoms with Crippen LogP contribution in [-0.2, 0) is 19.1 Å². The summed E-state index contributed by atoms with van der Waals surface area (Å²) in [6.45, 7) is 0. The van der Waals surface area contributed by atoms with E-state index in [-0.39, 0.29) is 3.57 Å². The Balaban J connectivity index is 3.38. The number of carboxylic acid groups (broad SMARTS) is 1. The summed E-state index contributed by atoms with van der Waals surface area (Å²) in [6.07, 6.45) is 0.733. The molecule has 2 N–H and O–H groups in total. The van der Waals surface area contributed by atoms with Gasteiger partial charge in [0.05, 0.1) is 35.1 Å². The van der Waals surface area contributed by atoms with Crippen molar-refractivity contribution in [3.05, 3.63) is 38.9 Å². The van der Waals surface area contributed by atoms with Crippen LogP contribution in [0, 0.1) is 9.39 Å². The molecule has 0 aliphatic rings. The summed E-state index contributed by atoms with van der Waals surface area (Å²) >= 11 is 1.66. The number of esters is 2. The average Bonchev–Trinajstić information content (AvgIpc) is 2.49. The van der Waals surface area contributed by atoms with Crippen LogP contribution >= 0.6 is 22.6 Å². The van der Waals surface area contributed by atoms with Crippen LogP contribution in [0.4, 0.5) is 10.1 Å². The first kappa shape index (κ1) is 17.9. The van der Waals surface area contributed by atoms with Crippen LogP contribution in [-0.4, -0.2) is 37.2 Å². The Bertz CT molecular complexity index is 658. The molecule has 118 valence electrons. The first-order valence-corrected chi connectivity index (χ1v) is 6.76. The molecule has 0 fully saturated rings. The quantitative estimate of drug-likeness (QED) is 0.423. The maximum atomic E-state index is 14.1. The molecule has 0 atom stereocenters. The minimum atomic E-state index is -1.40. The number of hydrogen-bond acceptors (Lipinski definition) is 6. The molecule has 0 radical (unpaired) electrons. The lowest BCUT2D eigenvalue weighted by Crippen LogP contribution is -2.18. The number of carboxylic acids is 1. The van der Waals surface area contributed by atoms with Crippen molar-refractivity contribution in [2.75, 3.05) is 19.5 Å². The molecule has 0 spiro atoms. The Morgan fingerprint density at radius 1 is 1.27 bits per heavy atom. The van der Waals surface area contributed by atoms with E-state index in [0.29, 0.717) is 0 Å². The van der Waals surface area contributed by atoms with E-state index in [1.807, 2.05) is 0 Å². The van der Waals surface area contributed by atoms with Crippen molar-refractivity contribution in [2.24, 2.45) is 0 Å². The van der Waals surface area contributed by atoms with E-state index < -0.39 is 40.7 Å². The predicted molar refractivity (Wildman–Crippen MR) is 81.8 cm³/mol. The number of carbonyl (C=O) groups excluding carboxylic acids is 2. The van der Waals surface area contributed by atoms with Crippen molar-refractivity contribution in [3.63, 3.8) is 0 Å². The van der Waals surface area contributed by atoms with E-state index in [1.54, 1.807) is 22.6 Å². The molecule has 0 aliphatic carbocycles. The molecule has 0 unspecified atom stereocenters. The summed E-state index contributed by atoms with van der Waals surface area (Å²) in [5.41, 5.74) is -1.32. The third kappa shape index (κ3) is 4.16. The van der Waals surface area contributed by atoms with Gasteiger partial charge in [-0.25, -0.2) is 18.8 Å². The highest BCUT2D eigenvalue weighted by molar-refractivity contribution is 14.1. The van der Waals surface area contributed by atoms with Gasteiger partial charge < -0.3 is 19.9 Å². The molecule has 0 amide bonds. The summed E-state index contributed by atoms with van der Waals surface area (Å²) in [7, 11) is 2.14. The number of methoxy groups -OCH3 is 2. The Hall–Kier alpha value is -2.17. The van der Waals surface area contributed by atoms with Crippen molar-refractivity contribution >= 4 is 46.2 Å². The number of ether oxygens (including phenoxy) is 2. The predicted octanol–water partition coefficient (Wildman–Crippen LogP) is 1.77. The number of halogens is 2. The van der Waals surface area contributed by atoms with E-state index in [9.17, 15) is 18.8 Å². The van der Waals surface area contributed by atoms with Crippen molar-refractivity contribution in [1.29, 1.82) is 0 Å². The highest BCUT2D eigenvalue weighted by atomic mass is 127. The molecule has 1 rings (SSSR count). The minimum absolute atomic E-state index is 0.132. The van der Waals surface area contributed by atoms with Crippen molar-refractivity contribution < 1.29 is 33.4 Å². The fraction of sp³-hybridized carbons (Fsp3) is 0.154. The molecular formula is C13H11FINO6. The zero-order valence-corrected chi connectivity index (χ0v) is 13.6. The zero-order valence-electron chi connectivity index (χ0n) is 11.5. The molecule has 0 heterocycles. The van der Waals surface area contributed by atoms with Gasteiger partial charge in [-0.1, -0.05) is 0 Å². The Labute approximate surface area is 138 Å². The molecule has 9 heteroatoms. The van der Waals surface area contributed by atoms with Gasteiger partial charge in [0.25, 0.3) is 0 Å². The van der Waals surface area contributed by atoms with Crippen LogP contribution < -0.4 is 5.32 Å². The monoisotopic (exact) mass is 423 g/mol. The van der Waals surface area contributed by atoms with Crippen molar-refractivity contribution in [1.82, 2.24) is 0 Å². The van der Waals surface area contributed by atoms with Crippen LogP contribution in [0.5, 0.6) is 0 Å². The number of hydrogen-bond donors (Lipinski definition) is 2. The van der Waals surface area contributed by atoms with E-state index in [2.05, 4.69) is 14.8 Å². The first-order valence-electron chi connectivity index (χ1n) is 5.68. The van der Waals surface area contributed by atoms with Gasteiger partial charge >= 0.3 is 17.9 Å². The van der Waals surface area contributed by atoms with Gasteiger partial charge in [-0.05, 0) is 34.7 Å². The number of benzene rings is 1. The first-order chi connectivity index (χ1) is 10.3. The molecule has 0 aliphatic heterocycles. The van der Waals surface area contributed by atoms with Gasteiger partial charge in [-0.15, -0.1) is 0 Å². The lowest BCUT2D eigenvalue weighted by Gasteiger charge is -2.13. The van der Waals surface area contributed by atoms with Crippen LogP contribution in [0.25, 0.3) is 0 Å². The topological polar surface area (TPSA) is 102 Å². The Kier molecular flexibility index (Phi) is 6.28. The van der Waals surface area contributed by atoms with Gasteiger partial charge in [-0.2, -0.15) is 0 Å². The maximum Gasteiger partial charge on any atom is 0.354 e. The van der Waals surface area contributed by atoms with Gasteiger partial charge in [0.1, 0.15) is 5.70 Å². The largest absolute Gasteiger partial charge is 0.478 e. The molecule has 1 aromatic rings. The molecule has 0 saturated heterocycles. The van der Waals surface area contributed by atoms with Crippen molar-refractivity contribution in [3.8, 4) is 0 Å². The third-order valence-electron chi connectivity index (χ3n) is 2.45. The van der Waals surface area contributed by atoms with E-state index in [0.717, 1.165) is 20.3 Å². The van der Waals surface area contributed by atoms with Crippen LogP contribution in [0.3, 0.4) is 0 Å². The van der Waals surface area contributed by atoms with Crippen LogP contribution in [0.15, 0.2) is 23.9 Å². The van der Waals surface area contributed by atoms with E-state index in [1.165, 1.54) is 12.1 Å². The second-order valence-corrected chi connectivity index (χ2v) is 4.95. The normalized spacial score (nSPS) is 10.8. The summed E-state index contributed by atoms with van der Waals surface area (Å²) in [4.78, 5) is 34.0. The smallest absolute Gasteiger partial charge is 0.354 e. The molecule has 22 heavy (non-hydrogen) atoms. The number of rotatable bonds is 5. The standard InChI is InChI=1S/C13H11FINO6/c1-21-9(17)5-8(13(20)22-2)16-11-6(12(18)19)3-4-7(15)10(11)14/h3-5,16H,1-2H3,(H,18,19)/b8-5+. The SMILES string of the molecule is COC(=O)/C=C(/Nc1c(C(=O)O)ccc(I)c1F)C(=O)OC. The summed E-state index contributed by atoms with van der Waals surface area (Å²) in [5.74, 6) is -4.16. The number of nitrogens with one attached hydrogen (secondary N) is 1. The molecule has 0 aromatic heterocycles. The fourth-order valence-corrected chi connectivity index (χ4v) is 1.87. The minimum Gasteiger partial charge on any atom is -0.478 e. The fourth-order valence-electron chi connectivity index (χ4n) is 1.42. The average molecular weight is 423 g/mol. The third-order valence-corrected chi connectivity index (χ3v) is 3.29. The van der Waals surface area contributed by atoms with Crippen molar-refractivity contribution in [2.45, 2.75) is 0 Å². The van der Waals surface area contributed by atoms with Crippen LogP contribution in [0.1, 0.15) is 10.4 Å². The van der Waals surface area contributed by atoms with Gasteiger partial charge in [0, 0.05) is 0 Å². The molecule has 1 aromatic carbocycles. The lowest BCUT2D eigenvalue weighted by molar-refractivity contribution is -0.138.